The van der Waals surface area contributed by atoms with Crippen LogP contribution < -0.4 is 5.73 Å². The van der Waals surface area contributed by atoms with Gasteiger partial charge >= 0.3 is 0 Å². The summed E-state index contributed by atoms with van der Waals surface area (Å²) in [6.07, 6.45) is 0. The highest BCUT2D eigenvalue weighted by Crippen LogP contribution is 2.31. The first kappa shape index (κ1) is 12.7. The Morgan fingerprint density at radius 1 is 1.05 bits per heavy atom. The number of rotatable bonds is 2. The van der Waals surface area contributed by atoms with Gasteiger partial charge in [-0.05, 0) is 29.8 Å². The van der Waals surface area contributed by atoms with E-state index in [0.717, 1.165) is 4.31 Å². The molecule has 0 bridgehead atoms. The lowest BCUT2D eigenvalue weighted by molar-refractivity contribution is 0.0865. The summed E-state index contributed by atoms with van der Waals surface area (Å²) in [5.41, 5.74) is 7.09. The zero-order valence-electron chi connectivity index (χ0n) is 10.5. The maximum atomic E-state index is 12.4. The molecule has 6 heteroatoms. The first-order valence-electron chi connectivity index (χ1n) is 6.00. The molecule has 1 heterocycles. The van der Waals surface area contributed by atoms with Crippen molar-refractivity contribution < 1.29 is 13.2 Å². The second-order valence-electron chi connectivity index (χ2n) is 4.56. The number of carbonyl (C=O) groups excluding carboxylic acids is 1. The Bertz CT molecular complexity index is 800. The van der Waals surface area contributed by atoms with Crippen molar-refractivity contribution in [2.24, 2.45) is 0 Å². The zero-order chi connectivity index (χ0) is 14.3. The fraction of sp³-hybridized carbons (Fsp3) is 0.0714. The van der Waals surface area contributed by atoms with Crippen molar-refractivity contribution in [3.63, 3.8) is 0 Å². The summed E-state index contributed by atoms with van der Waals surface area (Å²) >= 11 is 0. The van der Waals surface area contributed by atoms with E-state index in [1.807, 2.05) is 0 Å². The summed E-state index contributed by atoms with van der Waals surface area (Å²) in [5, 5.41) is 0. The number of anilines is 1. The number of nitrogens with zero attached hydrogens (tertiary/aromatic N) is 1. The number of nitrogen functional groups attached to an aromatic ring is 1. The molecule has 0 atom stereocenters. The third kappa shape index (κ3) is 1.85. The van der Waals surface area contributed by atoms with Crippen LogP contribution in [0.4, 0.5) is 5.69 Å². The molecule has 0 unspecified atom stereocenters. The molecule has 20 heavy (non-hydrogen) atoms. The van der Waals surface area contributed by atoms with Gasteiger partial charge in [-0.2, -0.15) is 0 Å². The Balaban J connectivity index is 2.03. The summed E-state index contributed by atoms with van der Waals surface area (Å²) < 4.78 is 25.6. The van der Waals surface area contributed by atoms with Crippen molar-refractivity contribution in [1.82, 2.24) is 4.31 Å². The van der Waals surface area contributed by atoms with Crippen molar-refractivity contribution in [2.45, 2.75) is 11.4 Å². The molecule has 102 valence electrons. The molecule has 1 amide bonds. The molecule has 2 aromatic rings. The second-order valence-corrected chi connectivity index (χ2v) is 6.39. The molecule has 5 nitrogen and oxygen atoms in total. The molecule has 3 rings (SSSR count). The summed E-state index contributed by atoms with van der Waals surface area (Å²) in [6.45, 7) is -0.0130. The van der Waals surface area contributed by atoms with Crippen LogP contribution in [0.25, 0.3) is 0 Å². The number of carbonyl (C=O) groups is 1. The van der Waals surface area contributed by atoms with E-state index < -0.39 is 15.9 Å². The average molecular weight is 288 g/mol. The Morgan fingerprint density at radius 3 is 2.50 bits per heavy atom. The van der Waals surface area contributed by atoms with Crippen LogP contribution >= 0.6 is 0 Å². The second kappa shape index (κ2) is 4.35. The van der Waals surface area contributed by atoms with E-state index in [1.165, 1.54) is 12.1 Å². The zero-order valence-corrected chi connectivity index (χ0v) is 11.3. The highest BCUT2D eigenvalue weighted by molar-refractivity contribution is 7.90. The lowest BCUT2D eigenvalue weighted by Gasteiger charge is -2.15. The maximum absolute atomic E-state index is 12.4. The highest BCUT2D eigenvalue weighted by atomic mass is 32.2. The van der Waals surface area contributed by atoms with E-state index in [2.05, 4.69) is 0 Å². The normalized spacial score (nSPS) is 16.2. The van der Waals surface area contributed by atoms with Crippen molar-refractivity contribution in [3.8, 4) is 0 Å². The molecule has 1 aliphatic heterocycles. The lowest BCUT2D eigenvalue weighted by atomic mass is 10.2. The molecule has 2 N–H and O–H groups in total. The van der Waals surface area contributed by atoms with Crippen LogP contribution in [-0.2, 0) is 16.6 Å². The SMILES string of the molecule is Nc1cccc(CN2C(=O)c3ccccc3S2(=O)=O)c1. The summed E-state index contributed by atoms with van der Waals surface area (Å²) in [5.74, 6) is -0.497. The fourth-order valence-electron chi connectivity index (χ4n) is 2.24. The van der Waals surface area contributed by atoms with Crippen LogP contribution in [0.1, 0.15) is 15.9 Å². The van der Waals surface area contributed by atoms with Crippen molar-refractivity contribution in [3.05, 3.63) is 59.7 Å². The van der Waals surface area contributed by atoms with Gasteiger partial charge in [-0.25, -0.2) is 12.7 Å². The maximum Gasteiger partial charge on any atom is 0.269 e. The molecular weight excluding hydrogens is 276 g/mol. The van der Waals surface area contributed by atoms with Gasteiger partial charge in [0.05, 0.1) is 12.1 Å². The molecule has 0 saturated carbocycles. The van der Waals surface area contributed by atoms with Crippen molar-refractivity contribution >= 4 is 21.6 Å². The molecule has 0 aliphatic carbocycles. The van der Waals surface area contributed by atoms with Crippen LogP contribution in [0.5, 0.6) is 0 Å². The smallest absolute Gasteiger partial charge is 0.269 e. The topological polar surface area (TPSA) is 80.5 Å². The van der Waals surface area contributed by atoms with E-state index in [0.29, 0.717) is 11.3 Å². The largest absolute Gasteiger partial charge is 0.399 e. The van der Waals surface area contributed by atoms with Crippen molar-refractivity contribution in [1.29, 1.82) is 0 Å². The van der Waals surface area contributed by atoms with Crippen LogP contribution in [0.3, 0.4) is 0 Å². The van der Waals surface area contributed by atoms with Crippen LogP contribution in [0, 0.1) is 0 Å². The van der Waals surface area contributed by atoms with Crippen molar-refractivity contribution in [2.75, 3.05) is 5.73 Å². The molecule has 0 saturated heterocycles. The standard InChI is InChI=1S/C14H12N2O3S/c15-11-5-3-4-10(8-11)9-16-14(17)12-6-1-2-7-13(12)20(16,18)19/h1-8H,9,15H2. The number of sulfonamides is 1. The molecule has 0 radical (unpaired) electrons. The van der Waals surface area contributed by atoms with Crippen LogP contribution in [0.2, 0.25) is 0 Å². The first-order chi connectivity index (χ1) is 9.50. The summed E-state index contributed by atoms with van der Waals surface area (Å²) in [4.78, 5) is 12.3. The lowest BCUT2D eigenvalue weighted by Crippen LogP contribution is -2.29. The fourth-order valence-corrected chi connectivity index (χ4v) is 3.80. The molecule has 0 fully saturated rings. The number of nitrogens with two attached hydrogens (primary N) is 1. The summed E-state index contributed by atoms with van der Waals surface area (Å²) in [7, 11) is -3.76. The average Bonchev–Trinajstić information content (AvgIpc) is 2.61. The Kier molecular flexibility index (Phi) is 2.76. The van der Waals surface area contributed by atoms with E-state index in [1.54, 1.807) is 36.4 Å². The van der Waals surface area contributed by atoms with Gasteiger partial charge in [-0.1, -0.05) is 24.3 Å². The monoisotopic (exact) mass is 288 g/mol. The van der Waals surface area contributed by atoms with Gasteiger partial charge in [-0.15, -0.1) is 0 Å². The van der Waals surface area contributed by atoms with E-state index in [9.17, 15) is 13.2 Å². The minimum absolute atomic E-state index is 0.0130. The molecule has 0 spiro atoms. The molecular formula is C14H12N2O3S. The van der Waals surface area contributed by atoms with E-state index >= 15 is 0 Å². The van der Waals surface area contributed by atoms with Gasteiger partial charge in [0.1, 0.15) is 4.90 Å². The van der Waals surface area contributed by atoms with Gasteiger partial charge in [0.15, 0.2) is 0 Å². The minimum atomic E-state index is -3.76. The van der Waals surface area contributed by atoms with Gasteiger partial charge < -0.3 is 5.73 Å². The Labute approximate surface area is 116 Å². The number of benzene rings is 2. The quantitative estimate of drug-likeness (QED) is 0.851. The van der Waals surface area contributed by atoms with Crippen LogP contribution in [-0.4, -0.2) is 18.6 Å². The number of amides is 1. The predicted molar refractivity (Wildman–Crippen MR) is 74.4 cm³/mol. The minimum Gasteiger partial charge on any atom is -0.399 e. The van der Waals surface area contributed by atoms with Gasteiger partial charge in [-0.3, -0.25) is 4.79 Å². The number of hydrogen-bond acceptors (Lipinski definition) is 4. The summed E-state index contributed by atoms with van der Waals surface area (Å²) in [6, 6.07) is 13.1. The predicted octanol–water partition coefficient (Wildman–Crippen LogP) is 1.61. The molecule has 0 aromatic heterocycles. The highest BCUT2D eigenvalue weighted by Gasteiger charge is 2.40. The molecule has 1 aliphatic rings. The van der Waals surface area contributed by atoms with E-state index in [-0.39, 0.29) is 17.0 Å². The van der Waals surface area contributed by atoms with E-state index in [4.69, 9.17) is 5.73 Å². The number of fused-ring (bicyclic) bond motifs is 1. The molecule has 2 aromatic carbocycles. The van der Waals surface area contributed by atoms with Gasteiger partial charge in [0.2, 0.25) is 0 Å². The Hall–Kier alpha value is -2.34. The van der Waals surface area contributed by atoms with Gasteiger partial charge in [0, 0.05) is 5.69 Å². The number of hydrogen-bond donors (Lipinski definition) is 1. The Morgan fingerprint density at radius 2 is 1.80 bits per heavy atom. The third-order valence-corrected chi connectivity index (χ3v) is 4.98. The third-order valence-electron chi connectivity index (χ3n) is 3.19. The van der Waals surface area contributed by atoms with Crippen LogP contribution in [0.15, 0.2) is 53.4 Å². The van der Waals surface area contributed by atoms with Gasteiger partial charge in [0.25, 0.3) is 15.9 Å². The first-order valence-corrected chi connectivity index (χ1v) is 7.44.